The number of hydrogen-bond donors (Lipinski definition) is 3. The number of rotatable bonds is 7. The molecule has 0 fully saturated rings. The number of carbonyl (C=O) groups excluding carboxylic acids is 1. The Hall–Kier alpha value is -4.96. The molecule has 3 N–H and O–H groups in total. The van der Waals surface area contributed by atoms with Crippen LogP contribution in [0.25, 0.3) is 22.4 Å². The SMILES string of the molecule is CNC(O)c1cc(-c2cc(-c3cc(NC(=O)c4ccnc(C(C)(C)C#N)c4)ccc3C#N)ccn2)ccn1. The van der Waals surface area contributed by atoms with E-state index in [0.29, 0.717) is 39.5 Å². The number of pyridine rings is 3. The third kappa shape index (κ3) is 5.55. The van der Waals surface area contributed by atoms with E-state index in [1.54, 1.807) is 81.8 Å². The Balaban J connectivity index is 1.66. The lowest BCUT2D eigenvalue weighted by atomic mass is 9.90. The summed E-state index contributed by atoms with van der Waals surface area (Å²) in [6.45, 7) is 3.48. The molecule has 0 aliphatic rings. The fourth-order valence-corrected chi connectivity index (χ4v) is 3.79. The highest BCUT2D eigenvalue weighted by molar-refractivity contribution is 6.04. The summed E-state index contributed by atoms with van der Waals surface area (Å²) in [4.78, 5) is 25.9. The third-order valence-electron chi connectivity index (χ3n) is 6.04. The monoisotopic (exact) mass is 503 g/mol. The molecule has 1 amide bonds. The number of nitrogens with zero attached hydrogens (tertiary/aromatic N) is 5. The molecule has 4 aromatic rings. The first-order chi connectivity index (χ1) is 18.2. The molecule has 4 rings (SSSR count). The highest BCUT2D eigenvalue weighted by atomic mass is 16.3. The van der Waals surface area contributed by atoms with Gasteiger partial charge in [-0.2, -0.15) is 10.5 Å². The molecular formula is C29H25N7O2. The molecule has 3 aromatic heterocycles. The smallest absolute Gasteiger partial charge is 0.255 e. The maximum absolute atomic E-state index is 13.0. The van der Waals surface area contributed by atoms with Crippen LogP contribution in [0.5, 0.6) is 0 Å². The molecule has 0 bridgehead atoms. The molecule has 0 spiro atoms. The van der Waals surface area contributed by atoms with Crippen molar-refractivity contribution in [2.45, 2.75) is 25.5 Å². The molecule has 1 aromatic carbocycles. The lowest BCUT2D eigenvalue weighted by Crippen LogP contribution is -2.18. The van der Waals surface area contributed by atoms with Gasteiger partial charge in [0.2, 0.25) is 0 Å². The van der Waals surface area contributed by atoms with Crippen LogP contribution in [-0.4, -0.2) is 33.0 Å². The van der Waals surface area contributed by atoms with E-state index in [4.69, 9.17) is 0 Å². The number of carbonyl (C=O) groups is 1. The first-order valence-electron chi connectivity index (χ1n) is 11.8. The Kier molecular flexibility index (Phi) is 7.54. The maximum Gasteiger partial charge on any atom is 0.255 e. The van der Waals surface area contributed by atoms with Crippen LogP contribution in [0.3, 0.4) is 0 Å². The largest absolute Gasteiger partial charge is 0.373 e. The normalized spacial score (nSPS) is 11.7. The number of nitrogens with one attached hydrogen (secondary N) is 2. The summed E-state index contributed by atoms with van der Waals surface area (Å²) in [5.74, 6) is -0.360. The number of aliphatic hydroxyl groups is 1. The third-order valence-corrected chi connectivity index (χ3v) is 6.04. The second-order valence-corrected chi connectivity index (χ2v) is 9.08. The number of nitriles is 2. The van der Waals surface area contributed by atoms with Crippen molar-refractivity contribution in [1.82, 2.24) is 20.3 Å². The van der Waals surface area contributed by atoms with Crippen molar-refractivity contribution in [3.63, 3.8) is 0 Å². The van der Waals surface area contributed by atoms with Crippen molar-refractivity contribution in [3.8, 4) is 34.5 Å². The molecule has 0 aliphatic heterocycles. The van der Waals surface area contributed by atoms with Crippen LogP contribution >= 0.6 is 0 Å². The van der Waals surface area contributed by atoms with Gasteiger partial charge < -0.3 is 10.4 Å². The molecule has 1 atom stereocenters. The second kappa shape index (κ2) is 11.0. The second-order valence-electron chi connectivity index (χ2n) is 9.08. The average Bonchev–Trinajstić information content (AvgIpc) is 2.96. The zero-order valence-corrected chi connectivity index (χ0v) is 21.1. The van der Waals surface area contributed by atoms with Crippen molar-refractivity contribution in [2.75, 3.05) is 12.4 Å². The van der Waals surface area contributed by atoms with Crippen molar-refractivity contribution in [3.05, 3.63) is 95.7 Å². The first kappa shape index (κ1) is 26.1. The standard InChI is InChI=1S/C29H25N7O2/c1-29(2,17-31)26-14-20(8-11-35-26)27(37)36-22-5-4-21(16-30)23(15-22)18-6-9-33-24(12-18)19-7-10-34-25(13-19)28(38)32-3/h4-15,28,32,38H,1-3H3,(H,36,37). The number of anilines is 1. The maximum atomic E-state index is 13.0. The fraction of sp³-hybridized carbons (Fsp3) is 0.172. The van der Waals surface area contributed by atoms with Gasteiger partial charge in [-0.05, 0) is 81.1 Å². The average molecular weight is 504 g/mol. The van der Waals surface area contributed by atoms with E-state index in [-0.39, 0.29) is 5.91 Å². The van der Waals surface area contributed by atoms with E-state index in [9.17, 15) is 20.4 Å². The molecule has 0 saturated carbocycles. The van der Waals surface area contributed by atoms with Gasteiger partial charge in [0.1, 0.15) is 6.23 Å². The summed E-state index contributed by atoms with van der Waals surface area (Å²) >= 11 is 0. The molecule has 188 valence electrons. The number of benzene rings is 1. The Morgan fingerprint density at radius 3 is 2.42 bits per heavy atom. The Labute approximate surface area is 220 Å². The summed E-state index contributed by atoms with van der Waals surface area (Å²) in [6, 6.07) is 19.8. The van der Waals surface area contributed by atoms with E-state index >= 15 is 0 Å². The minimum absolute atomic E-state index is 0.360. The number of hydrogen-bond acceptors (Lipinski definition) is 8. The molecule has 9 nitrogen and oxygen atoms in total. The fourth-order valence-electron chi connectivity index (χ4n) is 3.79. The number of aromatic nitrogens is 3. The molecule has 1 unspecified atom stereocenters. The zero-order chi connectivity index (χ0) is 27.3. The van der Waals surface area contributed by atoms with Crippen LogP contribution in [0.2, 0.25) is 0 Å². The molecular weight excluding hydrogens is 478 g/mol. The summed E-state index contributed by atoms with van der Waals surface area (Å²) < 4.78 is 0. The summed E-state index contributed by atoms with van der Waals surface area (Å²) in [5.41, 5.74) is 4.17. The summed E-state index contributed by atoms with van der Waals surface area (Å²) in [7, 11) is 1.63. The van der Waals surface area contributed by atoms with Gasteiger partial charge in [-0.3, -0.25) is 25.1 Å². The van der Waals surface area contributed by atoms with Gasteiger partial charge in [0, 0.05) is 41.0 Å². The van der Waals surface area contributed by atoms with Gasteiger partial charge in [-0.15, -0.1) is 0 Å². The molecule has 0 aliphatic carbocycles. The minimum Gasteiger partial charge on any atom is -0.373 e. The van der Waals surface area contributed by atoms with E-state index in [0.717, 1.165) is 11.1 Å². The van der Waals surface area contributed by atoms with E-state index in [1.165, 1.54) is 6.20 Å². The van der Waals surface area contributed by atoms with Crippen LogP contribution in [0, 0.1) is 22.7 Å². The number of aliphatic hydroxyl groups excluding tert-OH is 1. The lowest BCUT2D eigenvalue weighted by Gasteiger charge is -2.15. The molecule has 0 saturated heterocycles. The Morgan fingerprint density at radius 1 is 0.947 bits per heavy atom. The van der Waals surface area contributed by atoms with Crippen LogP contribution in [0.4, 0.5) is 5.69 Å². The van der Waals surface area contributed by atoms with Crippen LogP contribution in [0.1, 0.15) is 47.4 Å². The first-order valence-corrected chi connectivity index (χ1v) is 11.8. The zero-order valence-electron chi connectivity index (χ0n) is 21.1. The van der Waals surface area contributed by atoms with Crippen molar-refractivity contribution in [2.24, 2.45) is 0 Å². The van der Waals surface area contributed by atoms with Crippen LogP contribution in [0.15, 0.2) is 73.2 Å². The predicted molar refractivity (Wildman–Crippen MR) is 142 cm³/mol. The minimum atomic E-state index is -0.911. The van der Waals surface area contributed by atoms with Gasteiger partial charge in [0.05, 0.1) is 40.2 Å². The summed E-state index contributed by atoms with van der Waals surface area (Å²) in [6.07, 6.45) is 3.83. The molecule has 0 radical (unpaired) electrons. The quantitative estimate of drug-likeness (QED) is 0.316. The Bertz CT molecular complexity index is 1580. The van der Waals surface area contributed by atoms with E-state index in [1.807, 2.05) is 6.07 Å². The topological polar surface area (TPSA) is 148 Å². The Morgan fingerprint density at radius 2 is 1.68 bits per heavy atom. The van der Waals surface area contributed by atoms with Crippen LogP contribution in [-0.2, 0) is 5.41 Å². The molecule has 38 heavy (non-hydrogen) atoms. The highest BCUT2D eigenvalue weighted by Crippen LogP contribution is 2.30. The predicted octanol–water partition coefficient (Wildman–Crippen LogP) is 4.34. The van der Waals surface area contributed by atoms with Gasteiger partial charge in [0.15, 0.2) is 0 Å². The molecule has 9 heteroatoms. The highest BCUT2D eigenvalue weighted by Gasteiger charge is 2.22. The molecule has 3 heterocycles. The lowest BCUT2D eigenvalue weighted by molar-refractivity contribution is 0.102. The van der Waals surface area contributed by atoms with Gasteiger partial charge in [-0.1, -0.05) is 0 Å². The van der Waals surface area contributed by atoms with Gasteiger partial charge >= 0.3 is 0 Å². The van der Waals surface area contributed by atoms with Gasteiger partial charge in [0.25, 0.3) is 5.91 Å². The van der Waals surface area contributed by atoms with Crippen molar-refractivity contribution >= 4 is 11.6 Å². The van der Waals surface area contributed by atoms with Gasteiger partial charge in [-0.25, -0.2) is 0 Å². The van der Waals surface area contributed by atoms with Crippen molar-refractivity contribution in [1.29, 1.82) is 10.5 Å². The summed E-state index contributed by atoms with van der Waals surface area (Å²) in [5, 5.41) is 34.8. The van der Waals surface area contributed by atoms with Crippen LogP contribution < -0.4 is 10.6 Å². The van der Waals surface area contributed by atoms with E-state index in [2.05, 4.69) is 37.7 Å². The van der Waals surface area contributed by atoms with E-state index < -0.39 is 11.6 Å². The van der Waals surface area contributed by atoms with Crippen molar-refractivity contribution < 1.29 is 9.90 Å². The number of amides is 1.